The quantitative estimate of drug-likeness (QED) is 0.123. The predicted octanol–water partition coefficient (Wildman–Crippen LogP) is 8.27. The summed E-state index contributed by atoms with van der Waals surface area (Å²) in [5.74, 6) is 1.14. The number of aliphatic carboxylic acids is 1. The summed E-state index contributed by atoms with van der Waals surface area (Å²) >= 11 is 0. The molecule has 6 nitrogen and oxygen atoms in total. The molecular formula is C38H67NO5. The number of aliphatic hydroxyl groups excluding tert-OH is 2. The molecule has 6 heteroatoms. The topological polar surface area (TPSA) is 107 Å². The Morgan fingerprint density at radius 2 is 1.45 bits per heavy atom. The largest absolute Gasteiger partial charge is 0.481 e. The van der Waals surface area contributed by atoms with E-state index in [4.69, 9.17) is 0 Å². The maximum atomic E-state index is 12.9. The molecule has 0 aliphatic heterocycles. The van der Waals surface area contributed by atoms with Crippen molar-refractivity contribution in [3.63, 3.8) is 0 Å². The van der Waals surface area contributed by atoms with Crippen molar-refractivity contribution in [1.29, 1.82) is 0 Å². The van der Waals surface area contributed by atoms with Gasteiger partial charge in [-0.25, -0.2) is 0 Å². The maximum absolute atomic E-state index is 12.9. The molecule has 0 aromatic heterocycles. The van der Waals surface area contributed by atoms with E-state index in [9.17, 15) is 24.9 Å². The number of carbonyl (C=O) groups is 2. The molecule has 4 aliphatic carbocycles. The molecule has 4 saturated carbocycles. The van der Waals surface area contributed by atoms with Crippen LogP contribution >= 0.6 is 0 Å². The van der Waals surface area contributed by atoms with Crippen LogP contribution in [-0.2, 0) is 9.59 Å². The SMILES string of the molecule is CCCCCCCCCCCCCC(=O)N[C@H]1CC[C@@]2(C)C(CC(O)C3C2C[C@H](O)[C@@]2(C)C3CC[C@@H]2[C@H](C)CCC(=O)O)C1. The van der Waals surface area contributed by atoms with Gasteiger partial charge in [0.2, 0.25) is 5.91 Å². The van der Waals surface area contributed by atoms with E-state index in [0.29, 0.717) is 30.6 Å². The molecule has 44 heavy (non-hydrogen) atoms. The van der Waals surface area contributed by atoms with Gasteiger partial charge in [0.1, 0.15) is 0 Å². The average Bonchev–Trinajstić information content (AvgIpc) is 3.34. The number of carboxylic acids is 1. The second kappa shape index (κ2) is 16.1. The lowest BCUT2D eigenvalue weighted by molar-refractivity contribution is -0.202. The molecule has 5 unspecified atom stereocenters. The van der Waals surface area contributed by atoms with Gasteiger partial charge in [0, 0.05) is 18.9 Å². The summed E-state index contributed by atoms with van der Waals surface area (Å²) in [6, 6.07) is 0.196. The van der Waals surface area contributed by atoms with Crippen molar-refractivity contribution in [2.24, 2.45) is 46.3 Å². The van der Waals surface area contributed by atoms with E-state index in [0.717, 1.165) is 57.8 Å². The Morgan fingerprint density at radius 1 is 0.818 bits per heavy atom. The molecule has 0 aromatic rings. The third-order valence-electron chi connectivity index (χ3n) is 13.7. The lowest BCUT2D eigenvalue weighted by Crippen LogP contribution is -2.63. The number of fused-ring (bicyclic) bond motifs is 5. The van der Waals surface area contributed by atoms with Gasteiger partial charge in [-0.2, -0.15) is 0 Å². The summed E-state index contributed by atoms with van der Waals surface area (Å²) in [6.07, 6.45) is 21.4. The van der Waals surface area contributed by atoms with Crippen molar-refractivity contribution in [1.82, 2.24) is 5.32 Å². The monoisotopic (exact) mass is 618 g/mol. The molecule has 254 valence electrons. The molecular weight excluding hydrogens is 550 g/mol. The number of carboxylic acid groups (broad SMARTS) is 1. The van der Waals surface area contributed by atoms with Crippen LogP contribution in [0.1, 0.15) is 163 Å². The summed E-state index contributed by atoms with van der Waals surface area (Å²) < 4.78 is 0. The Kier molecular flexibility index (Phi) is 13.1. The zero-order valence-electron chi connectivity index (χ0n) is 28.7. The van der Waals surface area contributed by atoms with Crippen LogP contribution in [0.25, 0.3) is 0 Å². The van der Waals surface area contributed by atoms with Crippen LogP contribution in [0.5, 0.6) is 0 Å². The molecule has 11 atom stereocenters. The second-order valence-corrected chi connectivity index (χ2v) is 16.3. The Balaban J connectivity index is 1.23. The van der Waals surface area contributed by atoms with E-state index < -0.39 is 12.1 Å². The normalized spacial score (nSPS) is 38.8. The fourth-order valence-corrected chi connectivity index (χ4v) is 11.1. The van der Waals surface area contributed by atoms with Crippen LogP contribution < -0.4 is 5.32 Å². The molecule has 4 N–H and O–H groups in total. The van der Waals surface area contributed by atoms with Gasteiger partial charge in [-0.1, -0.05) is 91.9 Å². The first-order valence-corrected chi connectivity index (χ1v) is 18.9. The van der Waals surface area contributed by atoms with Crippen molar-refractivity contribution >= 4 is 11.9 Å². The van der Waals surface area contributed by atoms with Gasteiger partial charge < -0.3 is 20.6 Å². The fourth-order valence-electron chi connectivity index (χ4n) is 11.1. The first-order chi connectivity index (χ1) is 21.0. The minimum atomic E-state index is -0.747. The van der Waals surface area contributed by atoms with E-state index in [-0.39, 0.29) is 53.1 Å². The van der Waals surface area contributed by atoms with Gasteiger partial charge in [-0.3, -0.25) is 9.59 Å². The van der Waals surface area contributed by atoms with E-state index in [1.54, 1.807) is 0 Å². The van der Waals surface area contributed by atoms with E-state index in [1.807, 2.05) is 0 Å². The highest BCUT2D eigenvalue weighted by atomic mass is 16.4. The predicted molar refractivity (Wildman–Crippen MR) is 177 cm³/mol. The molecule has 0 bridgehead atoms. The number of carbonyl (C=O) groups excluding carboxylic acids is 1. The molecule has 0 radical (unpaired) electrons. The summed E-state index contributed by atoms with van der Waals surface area (Å²) in [4.78, 5) is 24.1. The summed E-state index contributed by atoms with van der Waals surface area (Å²) in [7, 11) is 0. The zero-order chi connectivity index (χ0) is 31.9. The van der Waals surface area contributed by atoms with Gasteiger partial charge in [0.15, 0.2) is 0 Å². The number of hydrogen-bond acceptors (Lipinski definition) is 4. The highest BCUT2D eigenvalue weighted by molar-refractivity contribution is 5.76. The molecule has 4 rings (SSSR count). The number of aliphatic hydroxyl groups is 2. The third-order valence-corrected chi connectivity index (χ3v) is 13.7. The van der Waals surface area contributed by atoms with Crippen molar-refractivity contribution in [3.8, 4) is 0 Å². The van der Waals surface area contributed by atoms with Crippen LogP contribution in [0.4, 0.5) is 0 Å². The van der Waals surface area contributed by atoms with Gasteiger partial charge in [0.25, 0.3) is 0 Å². The molecule has 4 fully saturated rings. The number of rotatable bonds is 17. The molecule has 0 saturated heterocycles. The second-order valence-electron chi connectivity index (χ2n) is 16.3. The molecule has 1 amide bonds. The van der Waals surface area contributed by atoms with Crippen molar-refractivity contribution in [2.75, 3.05) is 0 Å². The van der Waals surface area contributed by atoms with Gasteiger partial charge >= 0.3 is 5.97 Å². The lowest BCUT2D eigenvalue weighted by Gasteiger charge is -2.63. The van der Waals surface area contributed by atoms with Crippen LogP contribution in [-0.4, -0.2) is 45.4 Å². The summed E-state index contributed by atoms with van der Waals surface area (Å²) in [5.41, 5.74) is -0.181. The highest BCUT2D eigenvalue weighted by Gasteiger charge is 2.65. The van der Waals surface area contributed by atoms with Gasteiger partial charge in [-0.05, 0) is 104 Å². The van der Waals surface area contributed by atoms with Crippen LogP contribution in [0.2, 0.25) is 0 Å². The number of nitrogens with one attached hydrogen (secondary N) is 1. The summed E-state index contributed by atoms with van der Waals surface area (Å²) in [5, 5.41) is 36.1. The standard InChI is InChI=1S/C38H67NO5/c1-5-6-7-8-9-10-11-12-13-14-15-16-34(42)39-28-21-22-37(3)27(23-28)24-32(40)36-30-19-18-29(26(2)17-20-35(43)44)38(30,4)33(41)25-31(36)37/h26-33,36,40-41H,5-25H2,1-4H3,(H,39,42)(H,43,44)/t26-,27?,28+,29-,30?,31?,32?,33+,36?,37+,38-/m1/s1. The molecule has 4 aliphatic rings. The van der Waals surface area contributed by atoms with E-state index in [1.165, 1.54) is 57.8 Å². The first-order valence-electron chi connectivity index (χ1n) is 18.9. The minimum absolute atomic E-state index is 0.0798. The number of unbranched alkanes of at least 4 members (excludes halogenated alkanes) is 10. The Bertz CT molecular complexity index is 925. The van der Waals surface area contributed by atoms with Gasteiger partial charge in [-0.15, -0.1) is 0 Å². The molecule has 0 heterocycles. The molecule has 0 aromatic carbocycles. The van der Waals surface area contributed by atoms with Crippen molar-refractivity contribution < 1.29 is 24.9 Å². The average molecular weight is 618 g/mol. The van der Waals surface area contributed by atoms with E-state index in [2.05, 4.69) is 33.0 Å². The number of hydrogen-bond donors (Lipinski definition) is 4. The fraction of sp³-hybridized carbons (Fsp3) is 0.947. The zero-order valence-corrected chi connectivity index (χ0v) is 28.7. The summed E-state index contributed by atoms with van der Waals surface area (Å²) in [6.45, 7) is 9.10. The minimum Gasteiger partial charge on any atom is -0.481 e. The Labute approximate surface area is 268 Å². The smallest absolute Gasteiger partial charge is 0.303 e. The Morgan fingerprint density at radius 3 is 2.09 bits per heavy atom. The Hall–Kier alpha value is -1.14. The highest BCUT2D eigenvalue weighted by Crippen LogP contribution is 2.68. The van der Waals surface area contributed by atoms with Crippen molar-refractivity contribution in [2.45, 2.75) is 181 Å². The lowest BCUT2D eigenvalue weighted by atomic mass is 9.43. The van der Waals surface area contributed by atoms with Crippen LogP contribution in [0.15, 0.2) is 0 Å². The van der Waals surface area contributed by atoms with Crippen LogP contribution in [0, 0.1) is 46.3 Å². The maximum Gasteiger partial charge on any atom is 0.303 e. The van der Waals surface area contributed by atoms with E-state index >= 15 is 0 Å². The number of amides is 1. The van der Waals surface area contributed by atoms with Crippen LogP contribution in [0.3, 0.4) is 0 Å². The first kappa shape index (κ1) is 35.7. The third kappa shape index (κ3) is 8.04. The molecule has 0 spiro atoms. The van der Waals surface area contributed by atoms with Gasteiger partial charge in [0.05, 0.1) is 12.2 Å². The van der Waals surface area contributed by atoms with Crippen molar-refractivity contribution in [3.05, 3.63) is 0 Å².